The average Bonchev–Trinajstić information content (AvgIpc) is 2.23. The highest BCUT2D eigenvalue weighted by Crippen LogP contribution is 2.07. The van der Waals surface area contributed by atoms with E-state index in [1.165, 1.54) is 22.8 Å². The van der Waals surface area contributed by atoms with Crippen molar-refractivity contribution < 1.29 is 4.39 Å². The minimum Gasteiger partial charge on any atom is -0.284 e. The number of nitrogens with zero attached hydrogens (tertiary/aromatic N) is 1. The van der Waals surface area contributed by atoms with E-state index in [2.05, 4.69) is 0 Å². The van der Waals surface area contributed by atoms with Crippen LogP contribution in [-0.4, -0.2) is 4.57 Å². The standard InChI is InChI=1S/C12H10FNO/c1-9-2-7-12(15)14(8-9)11-5-3-10(13)4-6-11/h2-8H,1H3. The summed E-state index contributed by atoms with van der Waals surface area (Å²) in [5.41, 5.74) is 1.54. The first-order valence-electron chi connectivity index (χ1n) is 4.62. The van der Waals surface area contributed by atoms with Gasteiger partial charge >= 0.3 is 0 Å². The summed E-state index contributed by atoms with van der Waals surface area (Å²) in [5, 5.41) is 0. The van der Waals surface area contributed by atoms with Gasteiger partial charge in [0.05, 0.1) is 0 Å². The van der Waals surface area contributed by atoms with Crippen molar-refractivity contribution in [3.8, 4) is 5.69 Å². The number of pyridine rings is 1. The van der Waals surface area contributed by atoms with E-state index in [9.17, 15) is 9.18 Å². The number of rotatable bonds is 1. The summed E-state index contributed by atoms with van der Waals surface area (Å²) in [6.07, 6.45) is 1.73. The fraction of sp³-hybridized carbons (Fsp3) is 0.0833. The quantitative estimate of drug-likeness (QED) is 0.697. The zero-order chi connectivity index (χ0) is 10.8. The van der Waals surface area contributed by atoms with Crippen LogP contribution in [0.3, 0.4) is 0 Å². The van der Waals surface area contributed by atoms with E-state index < -0.39 is 0 Å². The molecule has 0 fully saturated rings. The van der Waals surface area contributed by atoms with E-state index in [1.54, 1.807) is 24.4 Å². The fourth-order valence-corrected chi connectivity index (χ4v) is 1.40. The van der Waals surface area contributed by atoms with Crippen molar-refractivity contribution in [2.45, 2.75) is 6.92 Å². The summed E-state index contributed by atoms with van der Waals surface area (Å²) in [6, 6.07) is 9.08. The third-order valence-electron chi connectivity index (χ3n) is 2.16. The Hall–Kier alpha value is -1.90. The van der Waals surface area contributed by atoms with E-state index in [-0.39, 0.29) is 11.4 Å². The molecule has 3 heteroatoms. The van der Waals surface area contributed by atoms with E-state index in [4.69, 9.17) is 0 Å². The second-order valence-corrected chi connectivity index (χ2v) is 3.39. The molecule has 0 unspecified atom stereocenters. The maximum Gasteiger partial charge on any atom is 0.255 e. The summed E-state index contributed by atoms with van der Waals surface area (Å²) < 4.78 is 14.2. The van der Waals surface area contributed by atoms with Crippen LogP contribution in [0, 0.1) is 12.7 Å². The summed E-state index contributed by atoms with van der Waals surface area (Å²) >= 11 is 0. The molecule has 0 spiro atoms. The SMILES string of the molecule is Cc1ccc(=O)n(-c2ccc(F)cc2)c1. The fourth-order valence-electron chi connectivity index (χ4n) is 1.40. The normalized spacial score (nSPS) is 10.3. The van der Waals surface area contributed by atoms with E-state index in [0.29, 0.717) is 5.69 Å². The van der Waals surface area contributed by atoms with Crippen molar-refractivity contribution >= 4 is 0 Å². The highest BCUT2D eigenvalue weighted by molar-refractivity contribution is 5.33. The molecule has 0 saturated carbocycles. The van der Waals surface area contributed by atoms with Crippen molar-refractivity contribution in [3.05, 3.63) is 64.3 Å². The molecule has 1 heterocycles. The topological polar surface area (TPSA) is 22.0 Å². The number of hydrogen-bond acceptors (Lipinski definition) is 1. The molecule has 0 amide bonds. The Kier molecular flexibility index (Phi) is 2.37. The Morgan fingerprint density at radius 2 is 1.73 bits per heavy atom. The van der Waals surface area contributed by atoms with E-state index in [1.807, 2.05) is 6.92 Å². The summed E-state index contributed by atoms with van der Waals surface area (Å²) in [4.78, 5) is 11.5. The second-order valence-electron chi connectivity index (χ2n) is 3.39. The molecule has 0 N–H and O–H groups in total. The number of aromatic nitrogens is 1. The molecule has 0 atom stereocenters. The predicted octanol–water partition coefficient (Wildman–Crippen LogP) is 2.29. The van der Waals surface area contributed by atoms with Gasteiger partial charge < -0.3 is 0 Å². The van der Waals surface area contributed by atoms with E-state index in [0.717, 1.165) is 5.56 Å². The highest BCUT2D eigenvalue weighted by Gasteiger charge is 1.99. The van der Waals surface area contributed by atoms with E-state index >= 15 is 0 Å². The molecule has 0 aliphatic rings. The van der Waals surface area contributed by atoms with Crippen LogP contribution in [0.25, 0.3) is 5.69 Å². The van der Waals surface area contributed by atoms with Crippen LogP contribution in [-0.2, 0) is 0 Å². The smallest absolute Gasteiger partial charge is 0.255 e. The van der Waals surface area contributed by atoms with Gasteiger partial charge in [0.25, 0.3) is 5.56 Å². The van der Waals surface area contributed by atoms with Crippen LogP contribution in [0.5, 0.6) is 0 Å². The molecule has 1 aromatic heterocycles. The van der Waals surface area contributed by atoms with Gasteiger partial charge in [-0.25, -0.2) is 4.39 Å². The monoisotopic (exact) mass is 203 g/mol. The Morgan fingerprint density at radius 1 is 1.07 bits per heavy atom. The maximum absolute atomic E-state index is 12.7. The first kappa shape index (κ1) is 9.65. The lowest BCUT2D eigenvalue weighted by Crippen LogP contribution is -2.16. The van der Waals surface area contributed by atoms with Crippen LogP contribution in [0.1, 0.15) is 5.56 Å². The van der Waals surface area contributed by atoms with Gasteiger partial charge in [0.15, 0.2) is 0 Å². The maximum atomic E-state index is 12.7. The summed E-state index contributed by atoms with van der Waals surface area (Å²) in [6.45, 7) is 1.90. The Balaban J connectivity index is 2.58. The van der Waals surface area contributed by atoms with Gasteiger partial charge in [-0.3, -0.25) is 9.36 Å². The predicted molar refractivity (Wildman–Crippen MR) is 56.7 cm³/mol. The molecular formula is C12H10FNO. The largest absolute Gasteiger partial charge is 0.284 e. The molecule has 2 nitrogen and oxygen atoms in total. The molecule has 0 radical (unpaired) electrons. The Bertz CT molecular complexity index is 528. The van der Waals surface area contributed by atoms with Crippen LogP contribution in [0.4, 0.5) is 4.39 Å². The zero-order valence-corrected chi connectivity index (χ0v) is 8.27. The molecule has 0 bridgehead atoms. The van der Waals surface area contributed by atoms with Gasteiger partial charge in [0.2, 0.25) is 0 Å². The van der Waals surface area contributed by atoms with Crippen molar-refractivity contribution in [3.63, 3.8) is 0 Å². The first-order chi connectivity index (χ1) is 7.16. The van der Waals surface area contributed by atoms with Gasteiger partial charge in [0, 0.05) is 18.0 Å². The van der Waals surface area contributed by atoms with Gasteiger partial charge in [-0.15, -0.1) is 0 Å². The molecule has 2 aromatic rings. The minimum absolute atomic E-state index is 0.118. The lowest BCUT2D eigenvalue weighted by molar-refractivity contribution is 0.627. The van der Waals surface area contributed by atoms with Gasteiger partial charge in [0.1, 0.15) is 5.82 Å². The number of benzene rings is 1. The van der Waals surface area contributed by atoms with Crippen LogP contribution >= 0.6 is 0 Å². The van der Waals surface area contributed by atoms with Crippen LogP contribution in [0.2, 0.25) is 0 Å². The Labute approximate surface area is 86.6 Å². The number of hydrogen-bond donors (Lipinski definition) is 0. The van der Waals surface area contributed by atoms with Crippen LogP contribution in [0.15, 0.2) is 47.4 Å². The van der Waals surface area contributed by atoms with Gasteiger partial charge in [-0.2, -0.15) is 0 Å². The lowest BCUT2D eigenvalue weighted by Gasteiger charge is -2.05. The molecule has 1 aromatic carbocycles. The third kappa shape index (κ3) is 1.96. The highest BCUT2D eigenvalue weighted by atomic mass is 19.1. The van der Waals surface area contributed by atoms with Crippen molar-refractivity contribution in [2.24, 2.45) is 0 Å². The number of aryl methyl sites for hydroxylation is 1. The Morgan fingerprint density at radius 3 is 2.40 bits per heavy atom. The number of halogens is 1. The molecule has 76 valence electrons. The summed E-state index contributed by atoms with van der Waals surface area (Å²) in [7, 11) is 0. The lowest BCUT2D eigenvalue weighted by atomic mass is 10.2. The second kappa shape index (κ2) is 3.69. The molecule has 0 aliphatic heterocycles. The molecule has 15 heavy (non-hydrogen) atoms. The average molecular weight is 203 g/mol. The van der Waals surface area contributed by atoms with Crippen LogP contribution < -0.4 is 5.56 Å². The van der Waals surface area contributed by atoms with Gasteiger partial charge in [-0.1, -0.05) is 6.07 Å². The molecule has 0 aliphatic carbocycles. The van der Waals surface area contributed by atoms with Gasteiger partial charge in [-0.05, 0) is 36.8 Å². The summed E-state index contributed by atoms with van der Waals surface area (Å²) in [5.74, 6) is -0.306. The van der Waals surface area contributed by atoms with Crippen molar-refractivity contribution in [1.29, 1.82) is 0 Å². The minimum atomic E-state index is -0.306. The van der Waals surface area contributed by atoms with Crippen molar-refractivity contribution in [1.82, 2.24) is 4.57 Å². The molecular weight excluding hydrogens is 193 g/mol. The third-order valence-corrected chi connectivity index (χ3v) is 2.16. The first-order valence-corrected chi connectivity index (χ1v) is 4.62. The molecule has 2 rings (SSSR count). The van der Waals surface area contributed by atoms with Crippen molar-refractivity contribution in [2.75, 3.05) is 0 Å². The zero-order valence-electron chi connectivity index (χ0n) is 8.27. The molecule has 0 saturated heterocycles.